The number of rotatable bonds is 5. The monoisotopic (exact) mass is 300 g/mol. The highest BCUT2D eigenvalue weighted by atomic mass is 19.3. The summed E-state index contributed by atoms with van der Waals surface area (Å²) in [6, 6.07) is -0.141. The molecule has 0 saturated heterocycles. The van der Waals surface area contributed by atoms with Crippen LogP contribution in [0.4, 0.5) is 14.6 Å². The van der Waals surface area contributed by atoms with Gasteiger partial charge in [0.05, 0.1) is 6.04 Å². The van der Waals surface area contributed by atoms with Gasteiger partial charge < -0.3 is 11.5 Å². The second-order valence-electron chi connectivity index (χ2n) is 5.45. The van der Waals surface area contributed by atoms with Gasteiger partial charge in [-0.15, -0.1) is 5.10 Å². The van der Waals surface area contributed by atoms with Crippen molar-refractivity contribution in [2.75, 3.05) is 12.3 Å². The molecule has 1 aliphatic carbocycles. The summed E-state index contributed by atoms with van der Waals surface area (Å²) in [5.74, 6) is -0.0315. The predicted octanol–water partition coefficient (Wildman–Crippen LogP) is 1.97. The molecule has 1 aromatic heterocycles. The van der Waals surface area contributed by atoms with E-state index in [1.54, 1.807) is 0 Å². The van der Waals surface area contributed by atoms with E-state index in [-0.39, 0.29) is 11.9 Å². The minimum absolute atomic E-state index is 0.141. The molecule has 1 heterocycles. The highest BCUT2D eigenvalue weighted by Gasteiger charge is 2.31. The quantitative estimate of drug-likeness (QED) is 0.642. The van der Waals surface area contributed by atoms with Crippen LogP contribution in [0.1, 0.15) is 50.8 Å². The van der Waals surface area contributed by atoms with Gasteiger partial charge >= 0.3 is 0 Å². The normalized spacial score (nSPS) is 23.7. The molecule has 0 aliphatic heterocycles. The van der Waals surface area contributed by atoms with Gasteiger partial charge in [0.25, 0.3) is 0 Å². The molecular weight excluding hydrogens is 278 g/mol. The van der Waals surface area contributed by atoms with Gasteiger partial charge in [-0.05, 0) is 25.7 Å². The van der Waals surface area contributed by atoms with Crippen LogP contribution in [-0.2, 0) is 0 Å². The van der Waals surface area contributed by atoms with E-state index in [2.05, 4.69) is 15.3 Å². The molecule has 4 N–H and O–H groups in total. The number of hydrogen-bond acceptors (Lipinski definition) is 4. The highest BCUT2D eigenvalue weighted by Crippen LogP contribution is 2.36. The van der Waals surface area contributed by atoms with Gasteiger partial charge in [-0.2, -0.15) is 0 Å². The van der Waals surface area contributed by atoms with E-state index in [9.17, 15) is 8.78 Å². The van der Waals surface area contributed by atoms with E-state index < -0.39 is 12.3 Å². The number of alkyl halides is 2. The Kier molecular flexibility index (Phi) is 5.08. The molecule has 0 radical (unpaired) electrons. The molecule has 1 aromatic rings. The van der Waals surface area contributed by atoms with Gasteiger partial charge in [0.1, 0.15) is 0 Å². The summed E-state index contributed by atoms with van der Waals surface area (Å²) >= 11 is 0. The SMILES string of the molecule is CCCN=C(N)c1nnn(C2CCCC(C(F)F)C2)c1N. The van der Waals surface area contributed by atoms with Crippen molar-refractivity contribution in [3.05, 3.63) is 5.69 Å². The first-order valence-electron chi connectivity index (χ1n) is 7.33. The topological polar surface area (TPSA) is 95.1 Å². The number of anilines is 1. The van der Waals surface area contributed by atoms with Crippen molar-refractivity contribution in [1.29, 1.82) is 0 Å². The van der Waals surface area contributed by atoms with E-state index in [0.717, 1.165) is 19.3 Å². The number of nitrogens with zero attached hydrogens (tertiary/aromatic N) is 4. The Morgan fingerprint density at radius 1 is 1.48 bits per heavy atom. The van der Waals surface area contributed by atoms with E-state index in [4.69, 9.17) is 11.5 Å². The third-order valence-corrected chi connectivity index (χ3v) is 3.87. The van der Waals surface area contributed by atoms with Crippen molar-refractivity contribution in [3.8, 4) is 0 Å². The van der Waals surface area contributed by atoms with Crippen LogP contribution in [0.25, 0.3) is 0 Å². The van der Waals surface area contributed by atoms with Gasteiger partial charge in [-0.3, -0.25) is 4.99 Å². The number of nitrogen functional groups attached to an aromatic ring is 1. The maximum absolute atomic E-state index is 12.9. The molecule has 8 heteroatoms. The smallest absolute Gasteiger partial charge is 0.241 e. The minimum atomic E-state index is -2.30. The summed E-state index contributed by atoms with van der Waals surface area (Å²) < 4.78 is 27.3. The summed E-state index contributed by atoms with van der Waals surface area (Å²) in [5, 5.41) is 7.96. The second kappa shape index (κ2) is 6.82. The summed E-state index contributed by atoms with van der Waals surface area (Å²) in [4.78, 5) is 4.15. The number of amidine groups is 1. The van der Waals surface area contributed by atoms with Crippen LogP contribution < -0.4 is 11.5 Å². The van der Waals surface area contributed by atoms with E-state index in [0.29, 0.717) is 30.9 Å². The minimum Gasteiger partial charge on any atom is -0.382 e. The van der Waals surface area contributed by atoms with Crippen LogP contribution in [-0.4, -0.2) is 33.8 Å². The Balaban J connectivity index is 2.16. The zero-order chi connectivity index (χ0) is 15.4. The summed E-state index contributed by atoms with van der Waals surface area (Å²) in [6.45, 7) is 2.58. The predicted molar refractivity (Wildman–Crippen MR) is 77.3 cm³/mol. The molecule has 2 atom stereocenters. The molecule has 118 valence electrons. The van der Waals surface area contributed by atoms with E-state index in [1.165, 1.54) is 4.68 Å². The molecule has 21 heavy (non-hydrogen) atoms. The average molecular weight is 300 g/mol. The Hall–Kier alpha value is -1.73. The number of aromatic nitrogens is 3. The standard InChI is InChI=1S/C13H22F2N6/c1-2-6-18-12(16)10-13(17)21(20-19-10)9-5-3-4-8(7-9)11(14)15/h8-9,11H,2-7,17H2,1H3,(H2,16,18). The average Bonchev–Trinajstić information content (AvgIpc) is 2.86. The van der Waals surface area contributed by atoms with Crippen LogP contribution in [0.5, 0.6) is 0 Å². The lowest BCUT2D eigenvalue weighted by molar-refractivity contribution is 0.0422. The van der Waals surface area contributed by atoms with Gasteiger partial charge in [-0.25, -0.2) is 13.5 Å². The van der Waals surface area contributed by atoms with Crippen LogP contribution in [0.15, 0.2) is 4.99 Å². The van der Waals surface area contributed by atoms with Gasteiger partial charge in [0.15, 0.2) is 17.3 Å². The Morgan fingerprint density at radius 2 is 2.24 bits per heavy atom. The fourth-order valence-corrected chi connectivity index (χ4v) is 2.71. The molecule has 1 aliphatic rings. The number of nitrogens with two attached hydrogens (primary N) is 2. The van der Waals surface area contributed by atoms with Crippen LogP contribution in [0.3, 0.4) is 0 Å². The first-order valence-corrected chi connectivity index (χ1v) is 7.33. The van der Waals surface area contributed by atoms with Gasteiger partial charge in [0.2, 0.25) is 6.43 Å². The maximum Gasteiger partial charge on any atom is 0.241 e. The van der Waals surface area contributed by atoms with Crippen molar-refractivity contribution in [2.24, 2.45) is 16.6 Å². The molecule has 6 nitrogen and oxygen atoms in total. The number of aliphatic imine (C=N–C) groups is 1. The van der Waals surface area contributed by atoms with Crippen LogP contribution in [0, 0.1) is 5.92 Å². The number of halogens is 2. The third kappa shape index (κ3) is 3.48. The summed E-state index contributed by atoms with van der Waals surface area (Å²) in [7, 11) is 0. The second-order valence-corrected chi connectivity index (χ2v) is 5.45. The van der Waals surface area contributed by atoms with Crippen LogP contribution in [0.2, 0.25) is 0 Å². The lowest BCUT2D eigenvalue weighted by Gasteiger charge is -2.28. The molecular formula is C13H22F2N6. The van der Waals surface area contributed by atoms with Crippen molar-refractivity contribution >= 4 is 11.7 Å². The lowest BCUT2D eigenvalue weighted by atomic mass is 9.86. The summed E-state index contributed by atoms with van der Waals surface area (Å²) in [6.07, 6.45) is 1.02. The third-order valence-electron chi connectivity index (χ3n) is 3.87. The Morgan fingerprint density at radius 3 is 2.90 bits per heavy atom. The molecule has 2 rings (SSSR count). The molecule has 1 fully saturated rings. The highest BCUT2D eigenvalue weighted by molar-refractivity contribution is 5.99. The van der Waals surface area contributed by atoms with E-state index in [1.807, 2.05) is 6.92 Å². The fraction of sp³-hybridized carbons (Fsp3) is 0.769. The fourth-order valence-electron chi connectivity index (χ4n) is 2.71. The zero-order valence-corrected chi connectivity index (χ0v) is 12.2. The molecule has 0 amide bonds. The molecule has 0 aromatic carbocycles. The molecule has 1 saturated carbocycles. The molecule has 0 bridgehead atoms. The lowest BCUT2D eigenvalue weighted by Crippen LogP contribution is -2.25. The molecule has 0 spiro atoms. The van der Waals surface area contributed by atoms with Gasteiger partial charge in [-0.1, -0.05) is 18.6 Å². The Bertz CT molecular complexity index is 499. The van der Waals surface area contributed by atoms with E-state index >= 15 is 0 Å². The zero-order valence-electron chi connectivity index (χ0n) is 12.2. The van der Waals surface area contributed by atoms with Crippen LogP contribution >= 0.6 is 0 Å². The Labute approximate surface area is 122 Å². The van der Waals surface area contributed by atoms with Gasteiger partial charge in [0, 0.05) is 12.5 Å². The molecule has 2 unspecified atom stereocenters. The first-order chi connectivity index (χ1) is 10.0. The van der Waals surface area contributed by atoms with Crippen molar-refractivity contribution < 1.29 is 8.78 Å². The van der Waals surface area contributed by atoms with Crippen molar-refractivity contribution in [1.82, 2.24) is 15.0 Å². The first kappa shape index (κ1) is 15.7. The largest absolute Gasteiger partial charge is 0.382 e. The van der Waals surface area contributed by atoms with Crippen molar-refractivity contribution in [2.45, 2.75) is 51.5 Å². The maximum atomic E-state index is 12.9. The van der Waals surface area contributed by atoms with Crippen molar-refractivity contribution in [3.63, 3.8) is 0 Å². The summed E-state index contributed by atoms with van der Waals surface area (Å²) in [5.41, 5.74) is 12.2. The number of hydrogen-bond donors (Lipinski definition) is 2.